The van der Waals surface area contributed by atoms with Gasteiger partial charge in [0.05, 0.1) is 25.5 Å². The first-order valence-electron chi connectivity index (χ1n) is 8.20. The fraction of sp³-hybridized carbons (Fsp3) is 0.412. The summed E-state index contributed by atoms with van der Waals surface area (Å²) in [5.74, 6) is -1.07. The predicted molar refractivity (Wildman–Crippen MR) is 107 cm³/mol. The molecule has 0 saturated heterocycles. The Hall–Kier alpha value is -2.46. The van der Waals surface area contributed by atoms with Gasteiger partial charge in [0.1, 0.15) is 9.88 Å². The van der Waals surface area contributed by atoms with E-state index in [9.17, 15) is 9.59 Å². The largest absolute Gasteiger partial charge is 0.465 e. The molecular weight excluding hydrogens is 388 g/mol. The molecule has 0 radical (unpaired) electrons. The van der Waals surface area contributed by atoms with Crippen molar-refractivity contribution >= 4 is 45.6 Å². The summed E-state index contributed by atoms with van der Waals surface area (Å²) in [5, 5.41) is 11.2. The second kappa shape index (κ2) is 8.96. The topological polar surface area (TPSA) is 94.5 Å². The average molecular weight is 411 g/mol. The molecule has 0 aromatic carbocycles. The highest BCUT2D eigenvalue weighted by Crippen LogP contribution is 2.34. The van der Waals surface area contributed by atoms with E-state index in [-0.39, 0.29) is 5.56 Å². The third-order valence-corrected chi connectivity index (χ3v) is 5.38. The lowest BCUT2D eigenvalue weighted by molar-refractivity contribution is 0.0601. The number of thiocarbonyl (C=S) groups is 1. The van der Waals surface area contributed by atoms with Crippen molar-refractivity contribution in [1.29, 1.82) is 0 Å². The molecule has 2 heterocycles. The molecule has 2 N–H and O–H groups in total. The highest BCUT2D eigenvalue weighted by molar-refractivity contribution is 7.80. The van der Waals surface area contributed by atoms with E-state index in [2.05, 4.69) is 15.7 Å². The number of hydrogen-bond acceptors (Lipinski definition) is 7. The van der Waals surface area contributed by atoms with Crippen LogP contribution in [-0.4, -0.2) is 41.1 Å². The van der Waals surface area contributed by atoms with E-state index in [0.29, 0.717) is 27.1 Å². The Kier molecular flexibility index (Phi) is 6.92. The van der Waals surface area contributed by atoms with Crippen molar-refractivity contribution in [2.24, 2.45) is 0 Å². The number of rotatable bonds is 6. The Morgan fingerprint density at radius 1 is 1.26 bits per heavy atom. The van der Waals surface area contributed by atoms with Crippen LogP contribution in [0.5, 0.6) is 0 Å². The highest BCUT2D eigenvalue weighted by atomic mass is 32.1. The van der Waals surface area contributed by atoms with Crippen molar-refractivity contribution < 1.29 is 19.1 Å². The van der Waals surface area contributed by atoms with Gasteiger partial charge >= 0.3 is 11.9 Å². The van der Waals surface area contributed by atoms with Crippen molar-refractivity contribution in [2.45, 2.75) is 33.9 Å². The predicted octanol–water partition coefficient (Wildman–Crippen LogP) is 2.64. The van der Waals surface area contributed by atoms with Crippen molar-refractivity contribution in [1.82, 2.24) is 15.1 Å². The minimum Gasteiger partial charge on any atom is -0.465 e. The summed E-state index contributed by atoms with van der Waals surface area (Å²) in [6, 6.07) is 0. The molecule has 0 aliphatic heterocycles. The Labute approximate surface area is 166 Å². The Bertz CT molecular complexity index is 873. The molecule has 10 heteroatoms. The van der Waals surface area contributed by atoms with Crippen LogP contribution in [0.15, 0.2) is 6.20 Å². The first-order valence-corrected chi connectivity index (χ1v) is 9.42. The smallest absolute Gasteiger partial charge is 0.348 e. The molecule has 146 valence electrons. The number of ether oxygens (including phenoxy) is 2. The molecule has 0 atom stereocenters. The van der Waals surface area contributed by atoms with Crippen molar-refractivity contribution in [3.05, 3.63) is 33.5 Å². The van der Waals surface area contributed by atoms with E-state index in [1.54, 1.807) is 6.92 Å². The molecule has 27 heavy (non-hydrogen) atoms. The van der Waals surface area contributed by atoms with Crippen LogP contribution in [0, 0.1) is 13.8 Å². The molecular formula is C17H22N4O4S2. The molecule has 0 saturated carbocycles. The number of carbonyl (C=O) groups is 2. The van der Waals surface area contributed by atoms with Crippen LogP contribution in [0.25, 0.3) is 0 Å². The molecule has 0 aliphatic rings. The van der Waals surface area contributed by atoms with Gasteiger partial charge in [-0.2, -0.15) is 5.10 Å². The summed E-state index contributed by atoms with van der Waals surface area (Å²) >= 11 is 6.42. The minimum absolute atomic E-state index is 0.266. The van der Waals surface area contributed by atoms with Gasteiger partial charge in [-0.3, -0.25) is 4.68 Å². The lowest BCUT2D eigenvalue weighted by atomic mass is 10.1. The summed E-state index contributed by atoms with van der Waals surface area (Å²) in [6.45, 7) is 6.89. The van der Waals surface area contributed by atoms with Crippen LogP contribution in [0.4, 0.5) is 5.00 Å². The molecule has 0 aliphatic carbocycles. The summed E-state index contributed by atoms with van der Waals surface area (Å²) in [6.07, 6.45) is 1.95. The number of nitrogens with zero attached hydrogens (tertiary/aromatic N) is 2. The monoisotopic (exact) mass is 410 g/mol. The number of aryl methyl sites for hydroxylation is 2. The minimum atomic E-state index is -0.552. The summed E-state index contributed by atoms with van der Waals surface area (Å²) in [5.41, 5.74) is 2.69. The van der Waals surface area contributed by atoms with Gasteiger partial charge in [0, 0.05) is 24.8 Å². The molecule has 8 nitrogen and oxygen atoms in total. The first kappa shape index (κ1) is 20.8. The lowest BCUT2D eigenvalue weighted by Gasteiger charge is -2.10. The molecule has 0 fully saturated rings. The zero-order chi connectivity index (χ0) is 20.1. The third-order valence-electron chi connectivity index (χ3n) is 3.95. The van der Waals surface area contributed by atoms with Crippen LogP contribution in [0.1, 0.15) is 43.8 Å². The molecule has 0 unspecified atom stereocenters. The number of thiophene rings is 1. The molecule has 0 spiro atoms. The van der Waals surface area contributed by atoms with Crippen LogP contribution in [0.3, 0.4) is 0 Å². The summed E-state index contributed by atoms with van der Waals surface area (Å²) in [4.78, 5) is 24.4. The normalized spacial score (nSPS) is 10.4. The highest BCUT2D eigenvalue weighted by Gasteiger charge is 2.26. The van der Waals surface area contributed by atoms with Gasteiger partial charge in [-0.05, 0) is 38.6 Å². The second-order valence-electron chi connectivity index (χ2n) is 5.65. The van der Waals surface area contributed by atoms with Crippen LogP contribution < -0.4 is 10.6 Å². The zero-order valence-corrected chi connectivity index (χ0v) is 17.5. The van der Waals surface area contributed by atoms with E-state index >= 15 is 0 Å². The number of hydrogen-bond donors (Lipinski definition) is 2. The Balaban J connectivity index is 2.17. The first-order chi connectivity index (χ1) is 12.8. The van der Waals surface area contributed by atoms with Gasteiger partial charge in [-0.1, -0.05) is 0 Å². The number of aromatic nitrogens is 2. The quantitative estimate of drug-likeness (QED) is 0.554. The Morgan fingerprint density at radius 2 is 1.93 bits per heavy atom. The maximum absolute atomic E-state index is 12.1. The maximum atomic E-state index is 12.1. The molecule has 2 aromatic heterocycles. The van der Waals surface area contributed by atoms with Gasteiger partial charge in [-0.25, -0.2) is 9.59 Å². The van der Waals surface area contributed by atoms with E-state index in [1.165, 1.54) is 14.2 Å². The van der Waals surface area contributed by atoms with E-state index < -0.39 is 11.9 Å². The summed E-state index contributed by atoms with van der Waals surface area (Å²) < 4.78 is 11.4. The number of esters is 2. The second-order valence-corrected chi connectivity index (χ2v) is 7.08. The van der Waals surface area contributed by atoms with E-state index in [1.807, 2.05) is 24.7 Å². The molecule has 2 aromatic rings. The number of carbonyl (C=O) groups excluding carboxylic acids is 2. The van der Waals surface area contributed by atoms with Crippen LogP contribution in [0.2, 0.25) is 0 Å². The fourth-order valence-corrected chi connectivity index (χ4v) is 3.81. The van der Waals surface area contributed by atoms with Gasteiger partial charge in [0.2, 0.25) is 0 Å². The SMILES string of the molecule is CCn1cc(CNC(=S)Nc2sc(C(=O)OC)c(C)c2C(=O)OC)c(C)n1. The van der Waals surface area contributed by atoms with Crippen molar-refractivity contribution in [3.8, 4) is 0 Å². The standard InChI is InChI=1S/C17H22N4O4S2/c1-6-21-8-11(10(3)20-21)7-18-17(26)19-14-12(15(22)24-4)9(2)13(27-14)16(23)25-5/h8H,6-7H2,1-5H3,(H2,18,19,26). The Morgan fingerprint density at radius 3 is 2.48 bits per heavy atom. The molecule has 0 bridgehead atoms. The third kappa shape index (κ3) is 4.64. The maximum Gasteiger partial charge on any atom is 0.348 e. The number of anilines is 1. The van der Waals surface area contributed by atoms with Crippen LogP contribution in [-0.2, 0) is 22.6 Å². The van der Waals surface area contributed by atoms with Crippen molar-refractivity contribution in [2.75, 3.05) is 19.5 Å². The summed E-state index contributed by atoms with van der Waals surface area (Å²) in [7, 11) is 2.57. The zero-order valence-electron chi connectivity index (χ0n) is 15.8. The van der Waals surface area contributed by atoms with Crippen molar-refractivity contribution in [3.63, 3.8) is 0 Å². The molecule has 0 amide bonds. The van der Waals surface area contributed by atoms with E-state index in [0.717, 1.165) is 29.1 Å². The van der Waals surface area contributed by atoms with Gasteiger partial charge in [-0.15, -0.1) is 11.3 Å². The lowest BCUT2D eigenvalue weighted by Crippen LogP contribution is -2.28. The van der Waals surface area contributed by atoms with Gasteiger partial charge in [0.25, 0.3) is 0 Å². The number of methoxy groups -OCH3 is 2. The molecule has 2 rings (SSSR count). The van der Waals surface area contributed by atoms with Gasteiger partial charge < -0.3 is 20.1 Å². The average Bonchev–Trinajstić information content (AvgIpc) is 3.18. The van der Waals surface area contributed by atoms with Gasteiger partial charge in [0.15, 0.2) is 5.11 Å². The van der Waals surface area contributed by atoms with Crippen LogP contribution >= 0.6 is 23.6 Å². The fourth-order valence-electron chi connectivity index (χ4n) is 2.45. The number of nitrogens with one attached hydrogen (secondary N) is 2. The van der Waals surface area contributed by atoms with E-state index in [4.69, 9.17) is 21.7 Å².